The number of benzene rings is 1. The molecule has 17 heavy (non-hydrogen) atoms. The fraction of sp³-hybridized carbons (Fsp3) is 0.0909. The van der Waals surface area contributed by atoms with Gasteiger partial charge in [-0.1, -0.05) is 11.6 Å². The first kappa shape index (κ1) is 12.3. The summed E-state index contributed by atoms with van der Waals surface area (Å²) in [4.78, 5) is 11.0. The molecule has 1 heterocycles. The molecule has 88 valence electrons. The van der Waals surface area contributed by atoms with Gasteiger partial charge in [-0.3, -0.25) is 9.48 Å². The Kier molecular flexibility index (Phi) is 3.31. The van der Waals surface area contributed by atoms with Crippen LogP contribution in [0.5, 0.6) is 0 Å². The van der Waals surface area contributed by atoms with E-state index in [1.165, 1.54) is 22.9 Å². The number of hydrogen-bond donors (Lipinski definition) is 0. The molecule has 0 radical (unpaired) electrons. The molecule has 0 fully saturated rings. The molecule has 2 aromatic rings. The van der Waals surface area contributed by atoms with Crippen molar-refractivity contribution < 1.29 is 9.18 Å². The Bertz CT molecular complexity index is 597. The molecule has 6 heteroatoms. The lowest BCUT2D eigenvalue weighted by molar-refractivity contribution is 0.112. The van der Waals surface area contributed by atoms with Crippen molar-refractivity contribution in [2.24, 2.45) is 7.05 Å². The van der Waals surface area contributed by atoms with Crippen LogP contribution in [0.2, 0.25) is 5.02 Å². The number of hydrogen-bond acceptors (Lipinski definition) is 2. The van der Waals surface area contributed by atoms with Gasteiger partial charge in [-0.15, -0.1) is 0 Å². The molecule has 3 nitrogen and oxygen atoms in total. The van der Waals surface area contributed by atoms with E-state index >= 15 is 0 Å². The van der Waals surface area contributed by atoms with Crippen LogP contribution in [0, 0.1) is 5.82 Å². The van der Waals surface area contributed by atoms with Gasteiger partial charge in [-0.2, -0.15) is 5.10 Å². The van der Waals surface area contributed by atoms with Crippen LogP contribution >= 0.6 is 27.5 Å². The van der Waals surface area contributed by atoms with Crippen molar-refractivity contribution in [2.75, 3.05) is 0 Å². The summed E-state index contributed by atoms with van der Waals surface area (Å²) in [5.41, 5.74) is 1.34. The summed E-state index contributed by atoms with van der Waals surface area (Å²) in [6.45, 7) is 0. The van der Waals surface area contributed by atoms with Gasteiger partial charge in [0.25, 0.3) is 0 Å². The fourth-order valence-electron chi connectivity index (χ4n) is 1.50. The third kappa shape index (κ3) is 2.12. The van der Waals surface area contributed by atoms with Gasteiger partial charge in [0.05, 0.1) is 10.6 Å². The highest BCUT2D eigenvalue weighted by Gasteiger charge is 2.17. The van der Waals surface area contributed by atoms with Crippen LogP contribution < -0.4 is 0 Å². The predicted octanol–water partition coefficient (Wildman–Crippen LogP) is 3.45. The van der Waals surface area contributed by atoms with Crippen molar-refractivity contribution in [3.8, 4) is 11.3 Å². The fourth-order valence-corrected chi connectivity index (χ4v) is 2.12. The second-order valence-electron chi connectivity index (χ2n) is 3.42. The van der Waals surface area contributed by atoms with Gasteiger partial charge in [0.15, 0.2) is 6.29 Å². The first-order valence-corrected chi connectivity index (χ1v) is 5.84. The van der Waals surface area contributed by atoms with E-state index in [-0.39, 0.29) is 5.02 Å². The number of carbonyl (C=O) groups is 1. The molecule has 0 aliphatic carbocycles. The van der Waals surface area contributed by atoms with Gasteiger partial charge >= 0.3 is 0 Å². The lowest BCUT2D eigenvalue weighted by atomic mass is 10.1. The van der Waals surface area contributed by atoms with E-state index < -0.39 is 5.82 Å². The second-order valence-corrected chi connectivity index (χ2v) is 4.58. The highest BCUT2D eigenvalue weighted by molar-refractivity contribution is 9.10. The van der Waals surface area contributed by atoms with Crippen molar-refractivity contribution in [1.29, 1.82) is 0 Å². The smallest absolute Gasteiger partial charge is 0.155 e. The van der Waals surface area contributed by atoms with Crippen LogP contribution in [-0.2, 0) is 7.05 Å². The highest BCUT2D eigenvalue weighted by atomic mass is 79.9. The lowest BCUT2D eigenvalue weighted by Gasteiger charge is -2.01. The molecule has 0 N–H and O–H groups in total. The number of aromatic nitrogens is 2. The Labute approximate surface area is 110 Å². The summed E-state index contributed by atoms with van der Waals surface area (Å²) in [7, 11) is 1.69. The SMILES string of the molecule is Cn1nc(-c2ccc(F)cc2Cl)c(C=O)c1Br. The van der Waals surface area contributed by atoms with Gasteiger partial charge in [0, 0.05) is 12.6 Å². The van der Waals surface area contributed by atoms with E-state index in [9.17, 15) is 9.18 Å². The molecule has 0 amide bonds. The Morgan fingerprint density at radius 1 is 1.53 bits per heavy atom. The number of halogens is 3. The molecule has 0 spiro atoms. The van der Waals surface area contributed by atoms with Gasteiger partial charge in [0.1, 0.15) is 16.1 Å². The summed E-state index contributed by atoms with van der Waals surface area (Å²) in [5, 5.41) is 4.39. The maximum absolute atomic E-state index is 12.9. The Balaban J connectivity index is 2.68. The molecule has 0 atom stereocenters. The molecular formula is C11H7BrClFN2O. The van der Waals surface area contributed by atoms with Gasteiger partial charge in [-0.05, 0) is 34.1 Å². The van der Waals surface area contributed by atoms with E-state index in [1.54, 1.807) is 7.05 Å². The standard InChI is InChI=1S/C11H7BrClFN2O/c1-16-11(12)8(5-17)10(15-16)7-3-2-6(14)4-9(7)13/h2-5H,1H3. The Morgan fingerprint density at radius 2 is 2.24 bits per heavy atom. The minimum Gasteiger partial charge on any atom is -0.298 e. The average Bonchev–Trinajstić information content (AvgIpc) is 2.55. The van der Waals surface area contributed by atoms with Gasteiger partial charge < -0.3 is 0 Å². The maximum atomic E-state index is 12.9. The number of carbonyl (C=O) groups excluding carboxylic acids is 1. The molecule has 0 saturated heterocycles. The zero-order chi connectivity index (χ0) is 12.6. The van der Waals surface area contributed by atoms with E-state index in [0.717, 1.165) is 0 Å². The van der Waals surface area contributed by atoms with E-state index in [2.05, 4.69) is 21.0 Å². The van der Waals surface area contributed by atoms with E-state index in [0.29, 0.717) is 27.7 Å². The molecule has 1 aromatic carbocycles. The molecule has 2 rings (SSSR count). The molecule has 0 aliphatic heterocycles. The molecule has 1 aromatic heterocycles. The number of nitrogens with zero attached hydrogens (tertiary/aromatic N) is 2. The summed E-state index contributed by atoms with van der Waals surface area (Å²) in [6.07, 6.45) is 0.687. The lowest BCUT2D eigenvalue weighted by Crippen LogP contribution is -1.90. The van der Waals surface area contributed by atoms with E-state index in [1.807, 2.05) is 0 Å². The van der Waals surface area contributed by atoms with Gasteiger partial charge in [0.2, 0.25) is 0 Å². The molecular weight excluding hydrogens is 310 g/mol. The monoisotopic (exact) mass is 316 g/mol. The van der Waals surface area contributed by atoms with Crippen molar-refractivity contribution >= 4 is 33.8 Å². The first-order valence-electron chi connectivity index (χ1n) is 4.67. The minimum atomic E-state index is -0.429. The summed E-state index contributed by atoms with van der Waals surface area (Å²) >= 11 is 9.18. The van der Waals surface area contributed by atoms with Crippen molar-refractivity contribution in [3.05, 3.63) is 39.2 Å². The van der Waals surface area contributed by atoms with Crippen LogP contribution in [-0.4, -0.2) is 16.1 Å². The molecule has 0 unspecified atom stereocenters. The number of rotatable bonds is 2. The predicted molar refractivity (Wildman–Crippen MR) is 66.7 cm³/mol. The van der Waals surface area contributed by atoms with Crippen LogP contribution in [0.4, 0.5) is 4.39 Å². The summed E-state index contributed by atoms with van der Waals surface area (Å²) in [5.74, 6) is -0.429. The van der Waals surface area contributed by atoms with Crippen LogP contribution in [0.3, 0.4) is 0 Å². The van der Waals surface area contributed by atoms with Crippen LogP contribution in [0.1, 0.15) is 10.4 Å². The molecule has 0 bridgehead atoms. The van der Waals surface area contributed by atoms with Crippen molar-refractivity contribution in [1.82, 2.24) is 9.78 Å². The average molecular weight is 318 g/mol. The quantitative estimate of drug-likeness (QED) is 0.795. The second kappa shape index (κ2) is 4.58. The van der Waals surface area contributed by atoms with Crippen molar-refractivity contribution in [3.63, 3.8) is 0 Å². The minimum absolute atomic E-state index is 0.221. The summed E-state index contributed by atoms with van der Waals surface area (Å²) in [6, 6.07) is 3.96. The molecule has 0 saturated carbocycles. The zero-order valence-electron chi connectivity index (χ0n) is 8.75. The summed E-state index contributed by atoms with van der Waals surface area (Å²) < 4.78 is 15.0. The van der Waals surface area contributed by atoms with Crippen molar-refractivity contribution in [2.45, 2.75) is 0 Å². The van der Waals surface area contributed by atoms with Crippen LogP contribution in [0.15, 0.2) is 22.8 Å². The Morgan fingerprint density at radius 3 is 2.82 bits per heavy atom. The topological polar surface area (TPSA) is 34.9 Å². The Hall–Kier alpha value is -1.20. The van der Waals surface area contributed by atoms with Crippen LogP contribution in [0.25, 0.3) is 11.3 Å². The number of aryl methyl sites for hydroxylation is 1. The molecule has 0 aliphatic rings. The third-order valence-electron chi connectivity index (χ3n) is 2.32. The highest BCUT2D eigenvalue weighted by Crippen LogP contribution is 2.32. The maximum Gasteiger partial charge on any atom is 0.155 e. The first-order chi connectivity index (χ1) is 8.04. The van der Waals surface area contributed by atoms with E-state index in [4.69, 9.17) is 11.6 Å². The third-order valence-corrected chi connectivity index (χ3v) is 3.57. The number of aldehydes is 1. The normalized spacial score (nSPS) is 10.6. The zero-order valence-corrected chi connectivity index (χ0v) is 11.1. The van der Waals surface area contributed by atoms with Gasteiger partial charge in [-0.25, -0.2) is 4.39 Å². The largest absolute Gasteiger partial charge is 0.298 e.